The molecule has 2 bridgehead atoms. The van der Waals surface area contributed by atoms with Crippen molar-refractivity contribution in [2.24, 2.45) is 0 Å². The summed E-state index contributed by atoms with van der Waals surface area (Å²) >= 11 is 0. The summed E-state index contributed by atoms with van der Waals surface area (Å²) < 4.78 is 7.46. The zero-order valence-corrected chi connectivity index (χ0v) is 25.8. The van der Waals surface area contributed by atoms with E-state index in [0.717, 1.165) is 37.1 Å². The number of rotatable bonds is 7. The first-order valence-corrected chi connectivity index (χ1v) is 16.2. The number of amides is 1. The van der Waals surface area contributed by atoms with E-state index in [4.69, 9.17) is 9.72 Å². The van der Waals surface area contributed by atoms with Crippen LogP contribution in [0.2, 0.25) is 0 Å². The summed E-state index contributed by atoms with van der Waals surface area (Å²) in [6, 6.07) is 28.2. The third kappa shape index (κ3) is 5.11. The number of piperidine rings is 2. The van der Waals surface area contributed by atoms with Gasteiger partial charge in [-0.2, -0.15) is 0 Å². The monoisotopic (exact) mass is 590 g/mol. The van der Waals surface area contributed by atoms with Gasteiger partial charge in [-0.1, -0.05) is 54.6 Å². The Kier molecular flexibility index (Phi) is 7.75. The molecular formula is C37H42N4O3. The molecule has 2 unspecified atom stereocenters. The van der Waals surface area contributed by atoms with Crippen molar-refractivity contribution in [3.63, 3.8) is 0 Å². The van der Waals surface area contributed by atoms with Crippen molar-refractivity contribution in [1.29, 1.82) is 0 Å². The highest BCUT2D eigenvalue weighted by Gasteiger charge is 2.44. The molecule has 0 spiro atoms. The molecule has 3 aliphatic rings. The Balaban J connectivity index is 1.07. The van der Waals surface area contributed by atoms with Crippen LogP contribution < -0.4 is 0 Å². The number of ether oxygens (including phenoxy) is 1. The topological polar surface area (TPSA) is 67.7 Å². The van der Waals surface area contributed by atoms with E-state index in [9.17, 15) is 9.59 Å². The summed E-state index contributed by atoms with van der Waals surface area (Å²) in [4.78, 5) is 35.6. The third-order valence-electron chi connectivity index (χ3n) is 10.8. The molecule has 0 radical (unpaired) electrons. The summed E-state index contributed by atoms with van der Waals surface area (Å²) in [6.07, 6.45) is 7.81. The zero-order chi connectivity index (χ0) is 30.3. The summed E-state index contributed by atoms with van der Waals surface area (Å²) in [5.41, 5.74) is 4.52. The molecule has 4 heterocycles. The molecule has 4 aromatic rings. The largest absolute Gasteiger partial charge is 0.465 e. The first-order valence-electron chi connectivity index (χ1n) is 16.2. The number of carbonyl (C=O) groups excluding carboxylic acids is 2. The summed E-state index contributed by atoms with van der Waals surface area (Å²) in [5, 5.41) is 0. The fourth-order valence-electron chi connectivity index (χ4n) is 8.53. The first kappa shape index (κ1) is 28.8. The van der Waals surface area contributed by atoms with E-state index in [0.29, 0.717) is 42.3 Å². The molecule has 3 saturated heterocycles. The second kappa shape index (κ2) is 11.8. The highest BCUT2D eigenvalue weighted by atomic mass is 16.5. The second-order valence-corrected chi connectivity index (χ2v) is 13.0. The van der Waals surface area contributed by atoms with Crippen molar-refractivity contribution in [3.8, 4) is 0 Å². The van der Waals surface area contributed by atoms with Gasteiger partial charge in [0, 0.05) is 31.2 Å². The summed E-state index contributed by atoms with van der Waals surface area (Å²) in [6.45, 7) is 4.58. The molecule has 7 nitrogen and oxygen atoms in total. The van der Waals surface area contributed by atoms with Gasteiger partial charge in [0.15, 0.2) is 0 Å². The minimum atomic E-state index is -0.473. The number of esters is 1. The van der Waals surface area contributed by atoms with Gasteiger partial charge in [0.05, 0.1) is 29.3 Å². The van der Waals surface area contributed by atoms with E-state index < -0.39 is 5.97 Å². The van der Waals surface area contributed by atoms with Crippen LogP contribution in [0.15, 0.2) is 78.9 Å². The zero-order valence-electron chi connectivity index (χ0n) is 25.8. The first-order chi connectivity index (χ1) is 21.5. The lowest BCUT2D eigenvalue weighted by Gasteiger charge is -2.45. The number of aryl methyl sites for hydroxylation is 1. The molecule has 3 aliphatic heterocycles. The quantitative estimate of drug-likeness (QED) is 0.228. The predicted molar refractivity (Wildman–Crippen MR) is 172 cm³/mol. The molecule has 7 rings (SSSR count). The lowest BCUT2D eigenvalue weighted by molar-refractivity contribution is 0.0563. The van der Waals surface area contributed by atoms with Gasteiger partial charge in [-0.15, -0.1) is 0 Å². The Morgan fingerprint density at radius 1 is 0.841 bits per heavy atom. The highest BCUT2D eigenvalue weighted by Crippen LogP contribution is 2.45. The Morgan fingerprint density at radius 3 is 2.18 bits per heavy atom. The number of imidazole rings is 1. The Labute approximate surface area is 259 Å². The molecule has 7 heteroatoms. The van der Waals surface area contributed by atoms with Crippen LogP contribution in [0.1, 0.15) is 83.1 Å². The Hall–Kier alpha value is -3.97. The molecule has 228 valence electrons. The molecule has 0 saturated carbocycles. The maximum Gasteiger partial charge on any atom is 0.338 e. The van der Waals surface area contributed by atoms with Crippen molar-refractivity contribution < 1.29 is 14.3 Å². The van der Waals surface area contributed by atoms with Crippen LogP contribution in [-0.4, -0.2) is 70.1 Å². The molecule has 3 fully saturated rings. The molecule has 3 aromatic carbocycles. The number of nitrogens with zero attached hydrogens (tertiary/aromatic N) is 4. The number of carbonyl (C=O) groups is 2. The van der Waals surface area contributed by atoms with Gasteiger partial charge < -0.3 is 14.2 Å². The predicted octanol–water partition coefficient (Wildman–Crippen LogP) is 6.56. The second-order valence-electron chi connectivity index (χ2n) is 13.0. The van der Waals surface area contributed by atoms with Gasteiger partial charge in [-0.3, -0.25) is 9.69 Å². The van der Waals surface area contributed by atoms with Crippen LogP contribution in [-0.2, 0) is 10.2 Å². The van der Waals surface area contributed by atoms with E-state index in [-0.39, 0.29) is 11.3 Å². The van der Waals surface area contributed by atoms with Crippen LogP contribution in [0.3, 0.4) is 0 Å². The maximum absolute atomic E-state index is 13.6. The number of fused-ring (bicyclic) bond motifs is 3. The van der Waals surface area contributed by atoms with E-state index in [2.05, 4.69) is 71.0 Å². The van der Waals surface area contributed by atoms with Gasteiger partial charge in [-0.25, -0.2) is 9.78 Å². The minimum Gasteiger partial charge on any atom is -0.465 e. The molecule has 0 aliphatic carbocycles. The minimum absolute atomic E-state index is 0.0212. The van der Waals surface area contributed by atoms with Crippen molar-refractivity contribution in [2.45, 2.75) is 75.4 Å². The number of hydrogen-bond donors (Lipinski definition) is 0. The van der Waals surface area contributed by atoms with E-state index in [1.54, 1.807) is 18.2 Å². The van der Waals surface area contributed by atoms with Crippen LogP contribution in [0.4, 0.5) is 0 Å². The van der Waals surface area contributed by atoms with Crippen molar-refractivity contribution in [2.75, 3.05) is 26.7 Å². The number of benzene rings is 3. The van der Waals surface area contributed by atoms with E-state index in [1.165, 1.54) is 43.9 Å². The van der Waals surface area contributed by atoms with Gasteiger partial charge in [0.1, 0.15) is 5.82 Å². The lowest BCUT2D eigenvalue weighted by atomic mass is 9.70. The van der Waals surface area contributed by atoms with Crippen LogP contribution in [0.5, 0.6) is 0 Å². The number of para-hydroxylation sites is 2. The van der Waals surface area contributed by atoms with E-state index >= 15 is 0 Å². The van der Waals surface area contributed by atoms with Crippen molar-refractivity contribution >= 4 is 22.9 Å². The molecular weight excluding hydrogens is 548 g/mol. The molecule has 1 amide bonds. The van der Waals surface area contributed by atoms with Crippen LogP contribution in [0, 0.1) is 6.92 Å². The summed E-state index contributed by atoms with van der Waals surface area (Å²) in [7, 11) is 1.36. The third-order valence-corrected chi connectivity index (χ3v) is 10.8. The number of hydrogen-bond acceptors (Lipinski definition) is 5. The fourth-order valence-corrected chi connectivity index (χ4v) is 8.53. The fraction of sp³-hybridized carbons (Fsp3) is 0.432. The molecule has 44 heavy (non-hydrogen) atoms. The number of methoxy groups -OCH3 is 1. The number of aromatic nitrogens is 2. The maximum atomic E-state index is 13.6. The van der Waals surface area contributed by atoms with Gasteiger partial charge >= 0.3 is 5.97 Å². The summed E-state index contributed by atoms with van der Waals surface area (Å²) in [5.74, 6) is 0.567. The normalized spacial score (nSPS) is 23.1. The average Bonchev–Trinajstić information content (AvgIpc) is 3.53. The van der Waals surface area contributed by atoms with Crippen molar-refractivity contribution in [1.82, 2.24) is 19.4 Å². The van der Waals surface area contributed by atoms with Crippen molar-refractivity contribution in [3.05, 3.63) is 101 Å². The number of likely N-dealkylation sites (tertiary alicyclic amines) is 1. The van der Waals surface area contributed by atoms with Gasteiger partial charge in [0.2, 0.25) is 0 Å². The molecule has 1 aromatic heterocycles. The molecule has 2 atom stereocenters. The molecule has 0 N–H and O–H groups in total. The van der Waals surface area contributed by atoms with Crippen LogP contribution in [0.25, 0.3) is 11.0 Å². The lowest BCUT2D eigenvalue weighted by Crippen LogP contribution is -2.49. The van der Waals surface area contributed by atoms with Crippen LogP contribution >= 0.6 is 0 Å². The van der Waals surface area contributed by atoms with Gasteiger partial charge in [-0.05, 0) is 93.7 Å². The standard InChI is InChI=1S/C37H42N4O3/c1-26-38-33-14-8-9-15-34(33)41(26)30-24-28-16-17-29(25-30)40(28)23-20-37(27-10-4-3-5-11-27)18-21-39(22-19-37)35(42)31-12-6-7-13-32(31)36(43)44-2/h3-15,28-30H,16-25H2,1-2H3. The highest BCUT2D eigenvalue weighted by molar-refractivity contribution is 6.05. The van der Waals surface area contributed by atoms with E-state index in [1.807, 2.05) is 11.0 Å². The Morgan fingerprint density at radius 2 is 1.48 bits per heavy atom. The van der Waals surface area contributed by atoms with Gasteiger partial charge in [0.25, 0.3) is 5.91 Å². The Bertz CT molecular complexity index is 1640. The smallest absolute Gasteiger partial charge is 0.338 e. The average molecular weight is 591 g/mol. The SMILES string of the molecule is COC(=O)c1ccccc1C(=O)N1CCC(CCN2C3CCC2CC(n2c(C)nc4ccccc42)C3)(c2ccccc2)CC1.